The highest BCUT2D eigenvalue weighted by Gasteiger charge is 2.13. The van der Waals surface area contributed by atoms with Gasteiger partial charge in [0.05, 0.1) is 19.8 Å². The SMILES string of the molecule is COc1ccc(C(=O)NCCc2csc3ccccc23)c(OC)c1. The molecule has 0 spiro atoms. The molecule has 1 amide bonds. The molecule has 0 saturated heterocycles. The van der Waals surface area contributed by atoms with E-state index in [1.807, 2.05) is 12.1 Å². The minimum Gasteiger partial charge on any atom is -0.497 e. The lowest BCUT2D eigenvalue weighted by molar-refractivity contribution is 0.0951. The second-order valence-electron chi connectivity index (χ2n) is 5.33. The fourth-order valence-corrected chi connectivity index (χ4v) is 3.62. The Labute approximate surface area is 145 Å². The molecular weight excluding hydrogens is 322 g/mol. The normalized spacial score (nSPS) is 10.6. The molecule has 24 heavy (non-hydrogen) atoms. The molecule has 3 rings (SSSR count). The van der Waals surface area contributed by atoms with E-state index in [0.717, 1.165) is 6.42 Å². The van der Waals surface area contributed by atoms with Gasteiger partial charge in [-0.05, 0) is 40.9 Å². The second kappa shape index (κ2) is 7.36. The van der Waals surface area contributed by atoms with Crippen LogP contribution in [-0.2, 0) is 6.42 Å². The predicted octanol–water partition coefficient (Wildman–Crippen LogP) is 3.89. The van der Waals surface area contributed by atoms with Gasteiger partial charge < -0.3 is 14.8 Å². The maximum absolute atomic E-state index is 12.4. The molecule has 3 aromatic rings. The van der Waals surface area contributed by atoms with Crippen LogP contribution in [0.25, 0.3) is 10.1 Å². The lowest BCUT2D eigenvalue weighted by atomic mass is 10.1. The number of methoxy groups -OCH3 is 2. The lowest BCUT2D eigenvalue weighted by Crippen LogP contribution is -2.26. The van der Waals surface area contributed by atoms with Gasteiger partial charge in [-0.2, -0.15) is 0 Å². The monoisotopic (exact) mass is 341 g/mol. The van der Waals surface area contributed by atoms with E-state index in [9.17, 15) is 4.79 Å². The molecule has 0 aliphatic heterocycles. The fraction of sp³-hybridized carbons (Fsp3) is 0.211. The van der Waals surface area contributed by atoms with E-state index >= 15 is 0 Å². The Balaban J connectivity index is 1.65. The maximum atomic E-state index is 12.4. The topological polar surface area (TPSA) is 47.6 Å². The number of hydrogen-bond donors (Lipinski definition) is 1. The number of hydrogen-bond acceptors (Lipinski definition) is 4. The van der Waals surface area contributed by atoms with Crippen LogP contribution in [0.2, 0.25) is 0 Å². The first kappa shape index (κ1) is 16.3. The van der Waals surface area contributed by atoms with Crippen molar-refractivity contribution in [1.82, 2.24) is 5.32 Å². The highest BCUT2D eigenvalue weighted by atomic mass is 32.1. The van der Waals surface area contributed by atoms with Gasteiger partial charge in [-0.3, -0.25) is 4.79 Å². The molecule has 0 aliphatic rings. The Bertz CT molecular complexity index is 857. The molecule has 0 atom stereocenters. The van der Waals surface area contributed by atoms with Gasteiger partial charge in [-0.25, -0.2) is 0 Å². The third-order valence-electron chi connectivity index (χ3n) is 3.89. The summed E-state index contributed by atoms with van der Waals surface area (Å²) in [6, 6.07) is 13.5. The Hall–Kier alpha value is -2.53. The van der Waals surface area contributed by atoms with Crippen molar-refractivity contribution in [1.29, 1.82) is 0 Å². The Morgan fingerprint density at radius 1 is 1.12 bits per heavy atom. The number of amides is 1. The van der Waals surface area contributed by atoms with Crippen molar-refractivity contribution in [2.45, 2.75) is 6.42 Å². The number of rotatable bonds is 6. The number of ether oxygens (including phenoxy) is 2. The van der Waals surface area contributed by atoms with Crippen molar-refractivity contribution in [3.05, 3.63) is 59.0 Å². The highest BCUT2D eigenvalue weighted by Crippen LogP contribution is 2.26. The van der Waals surface area contributed by atoms with Gasteiger partial charge in [0.2, 0.25) is 0 Å². The summed E-state index contributed by atoms with van der Waals surface area (Å²) in [6.07, 6.45) is 0.800. The summed E-state index contributed by atoms with van der Waals surface area (Å²) in [5, 5.41) is 6.38. The van der Waals surface area contributed by atoms with Gasteiger partial charge in [0.25, 0.3) is 5.91 Å². The first-order valence-corrected chi connectivity index (χ1v) is 8.56. The molecule has 0 aliphatic carbocycles. The van der Waals surface area contributed by atoms with E-state index in [1.165, 1.54) is 15.6 Å². The summed E-state index contributed by atoms with van der Waals surface area (Å²) in [7, 11) is 3.13. The number of carbonyl (C=O) groups excluding carboxylic acids is 1. The molecule has 1 heterocycles. The van der Waals surface area contributed by atoms with Crippen molar-refractivity contribution < 1.29 is 14.3 Å². The maximum Gasteiger partial charge on any atom is 0.255 e. The van der Waals surface area contributed by atoms with Gasteiger partial charge in [0.1, 0.15) is 11.5 Å². The van der Waals surface area contributed by atoms with Crippen LogP contribution in [0.4, 0.5) is 0 Å². The van der Waals surface area contributed by atoms with Crippen molar-refractivity contribution in [2.75, 3.05) is 20.8 Å². The van der Waals surface area contributed by atoms with E-state index in [0.29, 0.717) is 23.6 Å². The number of thiophene rings is 1. The van der Waals surface area contributed by atoms with Crippen molar-refractivity contribution in [2.24, 2.45) is 0 Å². The summed E-state index contributed by atoms with van der Waals surface area (Å²) < 4.78 is 11.7. The molecule has 0 fully saturated rings. The molecule has 0 unspecified atom stereocenters. The molecule has 5 heteroatoms. The molecule has 124 valence electrons. The van der Waals surface area contributed by atoms with Crippen LogP contribution in [0.15, 0.2) is 47.8 Å². The van der Waals surface area contributed by atoms with E-state index in [1.54, 1.807) is 43.8 Å². The van der Waals surface area contributed by atoms with Crippen LogP contribution in [0.3, 0.4) is 0 Å². The van der Waals surface area contributed by atoms with Crippen LogP contribution in [0, 0.1) is 0 Å². The summed E-state index contributed by atoms with van der Waals surface area (Å²) in [5.41, 5.74) is 1.77. The largest absolute Gasteiger partial charge is 0.497 e. The minimum absolute atomic E-state index is 0.144. The fourth-order valence-electron chi connectivity index (χ4n) is 2.62. The second-order valence-corrected chi connectivity index (χ2v) is 6.24. The highest BCUT2D eigenvalue weighted by molar-refractivity contribution is 7.17. The third kappa shape index (κ3) is 3.36. The summed E-state index contributed by atoms with van der Waals surface area (Å²) in [5.74, 6) is 1.02. The van der Waals surface area contributed by atoms with Crippen molar-refractivity contribution in [3.63, 3.8) is 0 Å². The Morgan fingerprint density at radius 3 is 2.75 bits per heavy atom. The molecule has 0 saturated carbocycles. The van der Waals surface area contributed by atoms with Gasteiger partial charge >= 0.3 is 0 Å². The molecule has 4 nitrogen and oxygen atoms in total. The molecule has 0 bridgehead atoms. The minimum atomic E-state index is -0.144. The standard InChI is InChI=1S/C19H19NO3S/c1-22-14-7-8-16(17(11-14)23-2)19(21)20-10-9-13-12-24-18-6-4-3-5-15(13)18/h3-8,11-12H,9-10H2,1-2H3,(H,20,21). The van der Waals surface area contributed by atoms with E-state index in [-0.39, 0.29) is 5.91 Å². The third-order valence-corrected chi connectivity index (χ3v) is 4.91. The molecule has 1 aromatic heterocycles. The quantitative estimate of drug-likeness (QED) is 0.740. The van der Waals surface area contributed by atoms with Crippen LogP contribution in [0.5, 0.6) is 11.5 Å². The van der Waals surface area contributed by atoms with Gasteiger partial charge in [-0.15, -0.1) is 11.3 Å². The van der Waals surface area contributed by atoms with Gasteiger partial charge in [-0.1, -0.05) is 18.2 Å². The smallest absolute Gasteiger partial charge is 0.255 e. The summed E-state index contributed by atoms with van der Waals surface area (Å²) in [6.45, 7) is 0.578. The van der Waals surface area contributed by atoms with E-state index in [4.69, 9.17) is 9.47 Å². The molecule has 1 N–H and O–H groups in total. The summed E-state index contributed by atoms with van der Waals surface area (Å²) in [4.78, 5) is 12.4. The van der Waals surface area contributed by atoms with Gasteiger partial charge in [0.15, 0.2) is 0 Å². The Morgan fingerprint density at radius 2 is 1.96 bits per heavy atom. The van der Waals surface area contributed by atoms with E-state index in [2.05, 4.69) is 22.8 Å². The lowest BCUT2D eigenvalue weighted by Gasteiger charge is -2.10. The average Bonchev–Trinajstić information content (AvgIpc) is 3.04. The van der Waals surface area contributed by atoms with Crippen molar-refractivity contribution >= 4 is 27.3 Å². The Kier molecular flexibility index (Phi) is 5.01. The number of fused-ring (bicyclic) bond motifs is 1. The van der Waals surface area contributed by atoms with Crippen LogP contribution in [-0.4, -0.2) is 26.7 Å². The predicted molar refractivity (Wildman–Crippen MR) is 97.4 cm³/mol. The number of benzene rings is 2. The van der Waals surface area contributed by atoms with Crippen LogP contribution >= 0.6 is 11.3 Å². The first-order valence-electron chi connectivity index (χ1n) is 7.68. The van der Waals surface area contributed by atoms with Crippen molar-refractivity contribution in [3.8, 4) is 11.5 Å². The zero-order valence-corrected chi connectivity index (χ0v) is 14.5. The van der Waals surface area contributed by atoms with Crippen LogP contribution in [0.1, 0.15) is 15.9 Å². The summed E-state index contributed by atoms with van der Waals surface area (Å²) >= 11 is 1.73. The molecular formula is C19H19NO3S. The first-order chi connectivity index (χ1) is 11.7. The molecule has 2 aromatic carbocycles. The number of carbonyl (C=O) groups is 1. The average molecular weight is 341 g/mol. The zero-order valence-electron chi connectivity index (χ0n) is 13.7. The van der Waals surface area contributed by atoms with Gasteiger partial charge in [0, 0.05) is 17.3 Å². The number of nitrogens with one attached hydrogen (secondary N) is 1. The van der Waals surface area contributed by atoms with E-state index < -0.39 is 0 Å². The molecule has 0 radical (unpaired) electrons. The van der Waals surface area contributed by atoms with Crippen LogP contribution < -0.4 is 14.8 Å². The zero-order chi connectivity index (χ0) is 16.9.